The van der Waals surface area contributed by atoms with Crippen LogP contribution in [0.15, 0.2) is 30.5 Å². The molecule has 0 aromatic heterocycles. The molecule has 0 spiro atoms. The van der Waals surface area contributed by atoms with E-state index in [1.54, 1.807) is 4.90 Å². The zero-order valence-corrected chi connectivity index (χ0v) is 19.8. The average Bonchev–Trinajstić information content (AvgIpc) is 3.12. The molecule has 5 rings (SSSR count). The molecular formula is C27H35F2N3O2. The molecule has 2 saturated carbocycles. The van der Waals surface area contributed by atoms with E-state index in [4.69, 9.17) is 0 Å². The summed E-state index contributed by atoms with van der Waals surface area (Å²) in [7, 11) is 0. The topological polar surface area (TPSA) is 61.4 Å². The SMILES string of the molecule is C=C1CC[C@@H](N2Cc3cc(C[C@H]4CCCC[C@@H]4NC4CCC(F)(F)CC4)ccc3C2=O)C(=O)N1. The van der Waals surface area contributed by atoms with Crippen molar-refractivity contribution in [2.24, 2.45) is 5.92 Å². The smallest absolute Gasteiger partial charge is 0.255 e. The Hall–Kier alpha value is -2.28. The fraction of sp³-hybridized carbons (Fsp3) is 0.630. The molecule has 4 aliphatic rings. The summed E-state index contributed by atoms with van der Waals surface area (Å²) < 4.78 is 27.1. The minimum atomic E-state index is -2.49. The van der Waals surface area contributed by atoms with E-state index in [1.807, 2.05) is 6.07 Å². The summed E-state index contributed by atoms with van der Waals surface area (Å²) in [6.45, 7) is 4.29. The Morgan fingerprint density at radius 2 is 1.85 bits per heavy atom. The quantitative estimate of drug-likeness (QED) is 0.654. The summed E-state index contributed by atoms with van der Waals surface area (Å²) in [5, 5.41) is 6.52. The molecule has 2 heterocycles. The molecule has 2 aliphatic carbocycles. The van der Waals surface area contributed by atoms with E-state index in [9.17, 15) is 18.4 Å². The number of benzene rings is 1. The number of hydrogen-bond donors (Lipinski definition) is 2. The van der Waals surface area contributed by atoms with Gasteiger partial charge in [-0.05, 0) is 68.1 Å². The largest absolute Gasteiger partial charge is 0.329 e. The third kappa shape index (κ3) is 4.90. The molecule has 2 aliphatic heterocycles. The van der Waals surface area contributed by atoms with Crippen LogP contribution in [0.25, 0.3) is 0 Å². The normalized spacial score (nSPS) is 29.8. The Bertz CT molecular complexity index is 969. The van der Waals surface area contributed by atoms with Gasteiger partial charge in [0.1, 0.15) is 6.04 Å². The van der Waals surface area contributed by atoms with Crippen LogP contribution in [-0.4, -0.2) is 40.8 Å². The number of amides is 2. The zero-order valence-electron chi connectivity index (χ0n) is 19.8. The number of fused-ring (bicyclic) bond motifs is 1. The van der Waals surface area contributed by atoms with E-state index in [1.165, 1.54) is 18.4 Å². The fourth-order valence-electron chi connectivity index (χ4n) is 6.32. The predicted octanol–water partition coefficient (Wildman–Crippen LogP) is 4.70. The van der Waals surface area contributed by atoms with Crippen LogP contribution in [0.4, 0.5) is 8.78 Å². The van der Waals surface area contributed by atoms with Gasteiger partial charge in [0, 0.05) is 42.7 Å². The maximum Gasteiger partial charge on any atom is 0.255 e. The zero-order chi connectivity index (χ0) is 23.9. The first-order chi connectivity index (χ1) is 16.3. The van der Waals surface area contributed by atoms with Crippen LogP contribution in [0.3, 0.4) is 0 Å². The maximum atomic E-state index is 13.6. The highest BCUT2D eigenvalue weighted by Crippen LogP contribution is 2.36. The standard InChI is InChI=1S/C27H35F2N3O2/c1-17-6-9-24(25(33)30-17)32-16-20-15-18(7-8-22(20)26(32)34)14-19-4-2-3-5-23(19)31-21-10-12-27(28,29)13-11-21/h7-8,15,19,21,23-24,31H,1-6,9-14,16H2,(H,30,33)/t19-,23+,24-/m1/s1. The van der Waals surface area contributed by atoms with Gasteiger partial charge in [0.25, 0.3) is 5.91 Å². The number of rotatable bonds is 5. The Balaban J connectivity index is 1.24. The summed E-state index contributed by atoms with van der Waals surface area (Å²) in [4.78, 5) is 27.1. The highest BCUT2D eigenvalue weighted by Gasteiger charge is 2.39. The second-order valence-corrected chi connectivity index (χ2v) is 10.7. The molecule has 2 N–H and O–H groups in total. The van der Waals surface area contributed by atoms with Crippen LogP contribution in [0.1, 0.15) is 85.7 Å². The second kappa shape index (κ2) is 9.40. The molecule has 1 aromatic rings. The van der Waals surface area contributed by atoms with E-state index in [0.29, 0.717) is 55.4 Å². The van der Waals surface area contributed by atoms with Gasteiger partial charge in [-0.2, -0.15) is 0 Å². The molecule has 1 saturated heterocycles. The highest BCUT2D eigenvalue weighted by atomic mass is 19.3. The molecule has 3 atom stereocenters. The molecule has 184 valence electrons. The van der Waals surface area contributed by atoms with Crippen molar-refractivity contribution in [1.29, 1.82) is 0 Å². The van der Waals surface area contributed by atoms with Crippen molar-refractivity contribution in [2.75, 3.05) is 0 Å². The number of hydrogen-bond acceptors (Lipinski definition) is 3. The van der Waals surface area contributed by atoms with Gasteiger partial charge in [0.05, 0.1) is 0 Å². The lowest BCUT2D eigenvalue weighted by molar-refractivity contribution is -0.126. The van der Waals surface area contributed by atoms with Gasteiger partial charge in [-0.3, -0.25) is 9.59 Å². The van der Waals surface area contributed by atoms with Crippen LogP contribution < -0.4 is 10.6 Å². The van der Waals surface area contributed by atoms with Crippen molar-refractivity contribution in [3.63, 3.8) is 0 Å². The molecule has 5 nitrogen and oxygen atoms in total. The lowest BCUT2D eigenvalue weighted by Crippen LogP contribution is -2.49. The van der Waals surface area contributed by atoms with E-state index in [0.717, 1.165) is 24.8 Å². The lowest BCUT2D eigenvalue weighted by atomic mass is 9.79. The fourth-order valence-corrected chi connectivity index (χ4v) is 6.32. The number of halogens is 2. The number of carbonyl (C=O) groups is 2. The molecule has 0 unspecified atom stereocenters. The molecule has 0 radical (unpaired) electrons. The molecule has 34 heavy (non-hydrogen) atoms. The Labute approximate surface area is 200 Å². The minimum absolute atomic E-state index is 0.00939. The summed E-state index contributed by atoms with van der Waals surface area (Å²) in [5.41, 5.74) is 3.62. The first kappa shape index (κ1) is 23.5. The molecular weight excluding hydrogens is 436 g/mol. The van der Waals surface area contributed by atoms with Gasteiger partial charge in [0.2, 0.25) is 11.8 Å². The van der Waals surface area contributed by atoms with Gasteiger partial charge in [0.15, 0.2) is 0 Å². The van der Waals surface area contributed by atoms with E-state index < -0.39 is 12.0 Å². The van der Waals surface area contributed by atoms with Crippen LogP contribution >= 0.6 is 0 Å². The van der Waals surface area contributed by atoms with E-state index in [-0.39, 0.29) is 30.7 Å². The van der Waals surface area contributed by atoms with Crippen molar-refractivity contribution < 1.29 is 18.4 Å². The molecule has 7 heteroatoms. The van der Waals surface area contributed by atoms with Gasteiger partial charge in [-0.1, -0.05) is 31.6 Å². The number of nitrogens with zero attached hydrogens (tertiary/aromatic N) is 1. The van der Waals surface area contributed by atoms with Crippen LogP contribution in [0.2, 0.25) is 0 Å². The second-order valence-electron chi connectivity index (χ2n) is 10.7. The number of carbonyl (C=O) groups excluding carboxylic acids is 2. The third-order valence-corrected chi connectivity index (χ3v) is 8.27. The van der Waals surface area contributed by atoms with Crippen LogP contribution in [-0.2, 0) is 17.8 Å². The van der Waals surface area contributed by atoms with Gasteiger partial charge in [-0.15, -0.1) is 0 Å². The van der Waals surface area contributed by atoms with Crippen LogP contribution in [0, 0.1) is 5.92 Å². The minimum Gasteiger partial charge on any atom is -0.329 e. The summed E-state index contributed by atoms with van der Waals surface area (Å²) in [6, 6.07) is 6.21. The van der Waals surface area contributed by atoms with Gasteiger partial charge >= 0.3 is 0 Å². The molecule has 3 fully saturated rings. The van der Waals surface area contributed by atoms with Crippen molar-refractivity contribution in [1.82, 2.24) is 15.5 Å². The number of nitrogens with one attached hydrogen (secondary N) is 2. The first-order valence-electron chi connectivity index (χ1n) is 12.8. The molecule has 1 aromatic carbocycles. The third-order valence-electron chi connectivity index (χ3n) is 8.27. The summed E-state index contributed by atoms with van der Waals surface area (Å²) in [5.74, 6) is -2.24. The van der Waals surface area contributed by atoms with Crippen LogP contribution in [0.5, 0.6) is 0 Å². The highest BCUT2D eigenvalue weighted by molar-refractivity contribution is 6.01. The van der Waals surface area contributed by atoms with Crippen molar-refractivity contribution >= 4 is 11.8 Å². The maximum absolute atomic E-state index is 13.6. The van der Waals surface area contributed by atoms with Gasteiger partial charge < -0.3 is 15.5 Å². The van der Waals surface area contributed by atoms with E-state index in [2.05, 4.69) is 29.3 Å². The average molecular weight is 472 g/mol. The Kier molecular flexibility index (Phi) is 6.49. The molecule has 0 bridgehead atoms. The Morgan fingerprint density at radius 3 is 2.62 bits per heavy atom. The first-order valence-corrected chi connectivity index (χ1v) is 12.8. The summed E-state index contributed by atoms with van der Waals surface area (Å²) in [6.07, 6.45) is 7.92. The number of allylic oxidation sites excluding steroid dienone is 1. The van der Waals surface area contributed by atoms with Crippen molar-refractivity contribution in [3.8, 4) is 0 Å². The number of alkyl halides is 2. The predicted molar refractivity (Wildman–Crippen MR) is 126 cm³/mol. The number of piperidine rings is 1. The van der Waals surface area contributed by atoms with Gasteiger partial charge in [-0.25, -0.2) is 8.78 Å². The van der Waals surface area contributed by atoms with Crippen molar-refractivity contribution in [3.05, 3.63) is 47.2 Å². The molecule has 2 amide bonds. The lowest BCUT2D eigenvalue weighted by Gasteiger charge is -2.38. The monoisotopic (exact) mass is 471 g/mol. The van der Waals surface area contributed by atoms with E-state index >= 15 is 0 Å². The Morgan fingerprint density at radius 1 is 1.09 bits per heavy atom. The van der Waals surface area contributed by atoms with Crippen molar-refractivity contribution in [2.45, 2.75) is 101 Å². The summed E-state index contributed by atoms with van der Waals surface area (Å²) >= 11 is 0.